The predicted octanol–water partition coefficient (Wildman–Crippen LogP) is 2.86. The van der Waals surface area contributed by atoms with Gasteiger partial charge in [0.25, 0.3) is 5.91 Å². The van der Waals surface area contributed by atoms with Crippen LogP contribution in [0.5, 0.6) is 5.75 Å². The Morgan fingerprint density at radius 2 is 2.25 bits per heavy atom. The largest absolute Gasteiger partial charge is 0.508 e. The van der Waals surface area contributed by atoms with Gasteiger partial charge in [-0.2, -0.15) is 11.3 Å². The average molecular weight is 288 g/mol. The lowest BCUT2D eigenvalue weighted by Gasteiger charge is -2.21. The first kappa shape index (κ1) is 14.1. The van der Waals surface area contributed by atoms with Crippen molar-refractivity contribution in [2.75, 3.05) is 12.3 Å². The Bertz CT molecular complexity index is 608. The number of benzene rings is 1. The molecule has 4 nitrogen and oxygen atoms in total. The van der Waals surface area contributed by atoms with Crippen LogP contribution in [0.3, 0.4) is 0 Å². The van der Waals surface area contributed by atoms with Crippen LogP contribution in [0, 0.1) is 0 Å². The highest BCUT2D eigenvalue weighted by Crippen LogP contribution is 2.21. The molecule has 0 fully saturated rings. The summed E-state index contributed by atoms with van der Waals surface area (Å²) in [6.07, 6.45) is 1.67. The number of phenolic OH excluding ortho intramolecular Hbond substituents is 1. The van der Waals surface area contributed by atoms with E-state index in [9.17, 15) is 9.90 Å². The zero-order valence-corrected chi connectivity index (χ0v) is 11.8. The van der Waals surface area contributed by atoms with E-state index >= 15 is 0 Å². The Kier molecular flexibility index (Phi) is 4.42. The number of nitrogens with zero attached hydrogens (tertiary/aromatic N) is 1. The second-order valence-electron chi connectivity index (χ2n) is 4.38. The lowest BCUT2D eigenvalue weighted by molar-refractivity contribution is 0.0763. The van der Waals surface area contributed by atoms with Crippen molar-refractivity contribution in [3.05, 3.63) is 58.8 Å². The first-order chi connectivity index (χ1) is 9.61. The zero-order valence-electron chi connectivity index (χ0n) is 11.0. The molecule has 2 aromatic rings. The van der Waals surface area contributed by atoms with Crippen LogP contribution in [0.1, 0.15) is 15.9 Å². The summed E-state index contributed by atoms with van der Waals surface area (Å²) in [6.45, 7) is 4.58. The van der Waals surface area contributed by atoms with Crippen molar-refractivity contribution in [2.24, 2.45) is 0 Å². The molecule has 1 aromatic heterocycles. The smallest absolute Gasteiger partial charge is 0.256 e. The van der Waals surface area contributed by atoms with Crippen molar-refractivity contribution in [1.29, 1.82) is 0 Å². The van der Waals surface area contributed by atoms with Gasteiger partial charge in [0.15, 0.2) is 0 Å². The number of nitrogens with two attached hydrogens (primary N) is 1. The summed E-state index contributed by atoms with van der Waals surface area (Å²) < 4.78 is 0. The van der Waals surface area contributed by atoms with E-state index in [1.54, 1.807) is 22.3 Å². The standard InChI is InChI=1S/C15H16N2O2S/c1-2-6-17(9-11-5-7-20-10-11)15(19)13-8-12(18)3-4-14(13)16/h2-5,7-8,10,18H,1,6,9,16H2. The van der Waals surface area contributed by atoms with Crippen LogP contribution in [0.25, 0.3) is 0 Å². The summed E-state index contributed by atoms with van der Waals surface area (Å²) in [5.74, 6) is -0.193. The molecular formula is C15H16N2O2S. The number of phenols is 1. The Morgan fingerprint density at radius 1 is 1.45 bits per heavy atom. The minimum atomic E-state index is -0.218. The Hall–Kier alpha value is -2.27. The third-order valence-electron chi connectivity index (χ3n) is 2.86. The Balaban J connectivity index is 2.26. The van der Waals surface area contributed by atoms with Crippen LogP contribution >= 0.6 is 11.3 Å². The number of anilines is 1. The van der Waals surface area contributed by atoms with E-state index in [4.69, 9.17) is 5.73 Å². The Labute approximate surface area is 121 Å². The minimum Gasteiger partial charge on any atom is -0.508 e. The molecular weight excluding hydrogens is 272 g/mol. The third-order valence-corrected chi connectivity index (χ3v) is 3.59. The molecule has 1 heterocycles. The van der Waals surface area contributed by atoms with Gasteiger partial charge < -0.3 is 15.7 Å². The maximum atomic E-state index is 12.5. The van der Waals surface area contributed by atoms with E-state index in [1.807, 2.05) is 16.8 Å². The molecule has 2 rings (SSSR count). The van der Waals surface area contributed by atoms with Gasteiger partial charge in [0.1, 0.15) is 5.75 Å². The number of hydrogen-bond donors (Lipinski definition) is 2. The highest BCUT2D eigenvalue weighted by Gasteiger charge is 2.18. The summed E-state index contributed by atoms with van der Waals surface area (Å²) >= 11 is 1.58. The second kappa shape index (κ2) is 6.25. The fourth-order valence-electron chi connectivity index (χ4n) is 1.88. The van der Waals surface area contributed by atoms with Crippen LogP contribution in [0.2, 0.25) is 0 Å². The molecule has 1 aromatic carbocycles. The molecule has 0 saturated heterocycles. The fourth-order valence-corrected chi connectivity index (χ4v) is 2.54. The number of carbonyl (C=O) groups is 1. The second-order valence-corrected chi connectivity index (χ2v) is 5.16. The average Bonchev–Trinajstić information content (AvgIpc) is 2.93. The molecule has 0 saturated carbocycles. The topological polar surface area (TPSA) is 66.6 Å². The molecule has 0 spiro atoms. The first-order valence-corrected chi connectivity index (χ1v) is 7.06. The lowest BCUT2D eigenvalue weighted by atomic mass is 10.1. The van der Waals surface area contributed by atoms with E-state index < -0.39 is 0 Å². The van der Waals surface area contributed by atoms with Crippen LogP contribution in [-0.2, 0) is 6.54 Å². The summed E-state index contributed by atoms with van der Waals surface area (Å²) in [7, 11) is 0. The lowest BCUT2D eigenvalue weighted by Crippen LogP contribution is -2.31. The van der Waals surface area contributed by atoms with Gasteiger partial charge in [-0.1, -0.05) is 6.08 Å². The molecule has 3 N–H and O–H groups in total. The van der Waals surface area contributed by atoms with E-state index in [-0.39, 0.29) is 11.7 Å². The fraction of sp³-hybridized carbons (Fsp3) is 0.133. The van der Waals surface area contributed by atoms with E-state index in [0.29, 0.717) is 24.3 Å². The molecule has 1 amide bonds. The molecule has 0 bridgehead atoms. The minimum absolute atomic E-state index is 0.0247. The van der Waals surface area contributed by atoms with Crippen LogP contribution in [0.4, 0.5) is 5.69 Å². The van der Waals surface area contributed by atoms with Gasteiger partial charge in [-0.25, -0.2) is 0 Å². The van der Waals surface area contributed by atoms with Crippen molar-refractivity contribution in [3.63, 3.8) is 0 Å². The van der Waals surface area contributed by atoms with Gasteiger partial charge in [0.05, 0.1) is 5.56 Å². The van der Waals surface area contributed by atoms with Crippen molar-refractivity contribution in [2.45, 2.75) is 6.54 Å². The van der Waals surface area contributed by atoms with Gasteiger partial charge in [0.2, 0.25) is 0 Å². The van der Waals surface area contributed by atoms with Crippen molar-refractivity contribution >= 4 is 22.9 Å². The summed E-state index contributed by atoms with van der Waals surface area (Å²) in [5.41, 5.74) is 7.54. The van der Waals surface area contributed by atoms with Gasteiger partial charge in [-0.15, -0.1) is 6.58 Å². The predicted molar refractivity (Wildman–Crippen MR) is 81.8 cm³/mol. The van der Waals surface area contributed by atoms with Gasteiger partial charge in [-0.05, 0) is 40.6 Å². The van der Waals surface area contributed by atoms with Gasteiger partial charge >= 0.3 is 0 Å². The number of thiophene rings is 1. The maximum Gasteiger partial charge on any atom is 0.256 e. The first-order valence-electron chi connectivity index (χ1n) is 6.11. The molecule has 0 aliphatic heterocycles. The van der Waals surface area contributed by atoms with Crippen molar-refractivity contribution < 1.29 is 9.90 Å². The van der Waals surface area contributed by atoms with Gasteiger partial charge in [0, 0.05) is 18.8 Å². The van der Waals surface area contributed by atoms with E-state index in [0.717, 1.165) is 5.56 Å². The molecule has 0 radical (unpaired) electrons. The summed E-state index contributed by atoms with van der Waals surface area (Å²) in [5, 5.41) is 13.5. The molecule has 5 heteroatoms. The highest BCUT2D eigenvalue weighted by atomic mass is 32.1. The number of aromatic hydroxyl groups is 1. The number of hydrogen-bond acceptors (Lipinski definition) is 4. The summed E-state index contributed by atoms with van der Waals surface area (Å²) in [6, 6.07) is 6.35. The normalized spacial score (nSPS) is 10.2. The monoisotopic (exact) mass is 288 g/mol. The van der Waals surface area contributed by atoms with Crippen molar-refractivity contribution in [1.82, 2.24) is 4.90 Å². The number of rotatable bonds is 5. The van der Waals surface area contributed by atoms with Crippen LogP contribution in [0.15, 0.2) is 47.7 Å². The van der Waals surface area contributed by atoms with Crippen LogP contribution < -0.4 is 5.73 Å². The maximum absolute atomic E-state index is 12.5. The molecule has 104 valence electrons. The van der Waals surface area contributed by atoms with E-state index in [1.165, 1.54) is 18.2 Å². The van der Waals surface area contributed by atoms with Crippen LogP contribution in [-0.4, -0.2) is 22.5 Å². The zero-order chi connectivity index (χ0) is 14.5. The molecule has 0 unspecified atom stereocenters. The van der Waals surface area contributed by atoms with Gasteiger partial charge in [-0.3, -0.25) is 4.79 Å². The van der Waals surface area contributed by atoms with E-state index in [2.05, 4.69) is 6.58 Å². The Morgan fingerprint density at radius 3 is 2.90 bits per heavy atom. The molecule has 20 heavy (non-hydrogen) atoms. The summed E-state index contributed by atoms with van der Waals surface area (Å²) in [4.78, 5) is 14.2. The number of carbonyl (C=O) groups excluding carboxylic acids is 1. The number of amides is 1. The number of nitrogen functional groups attached to an aromatic ring is 1. The highest BCUT2D eigenvalue weighted by molar-refractivity contribution is 7.07. The molecule has 0 atom stereocenters. The SMILES string of the molecule is C=CCN(Cc1ccsc1)C(=O)c1cc(O)ccc1N. The van der Waals surface area contributed by atoms with Crippen molar-refractivity contribution in [3.8, 4) is 5.75 Å². The molecule has 0 aliphatic rings. The quantitative estimate of drug-likeness (QED) is 0.505. The molecule has 0 aliphatic carbocycles. The third kappa shape index (κ3) is 3.19.